The van der Waals surface area contributed by atoms with Crippen molar-refractivity contribution in [2.45, 2.75) is 32.2 Å². The monoisotopic (exact) mass is 259 g/mol. The predicted octanol–water partition coefficient (Wildman–Crippen LogP) is 2.92. The van der Waals surface area contributed by atoms with Crippen LogP contribution in [0.1, 0.15) is 37.8 Å². The van der Waals surface area contributed by atoms with Gasteiger partial charge in [0.25, 0.3) is 0 Å². The summed E-state index contributed by atoms with van der Waals surface area (Å²) in [5.74, 6) is 2.98. The maximum Gasteiger partial charge on any atom is 0.223 e. The van der Waals surface area contributed by atoms with Gasteiger partial charge in [-0.15, -0.1) is 0 Å². The Morgan fingerprint density at radius 1 is 1.26 bits per heavy atom. The molecule has 2 fully saturated rings. The van der Waals surface area contributed by atoms with Gasteiger partial charge >= 0.3 is 0 Å². The van der Waals surface area contributed by atoms with Crippen LogP contribution < -0.4 is 10.1 Å². The molecule has 1 N–H and O–H groups in total. The number of fused-ring (bicyclic) bond motifs is 1. The molecule has 2 unspecified atom stereocenters. The van der Waals surface area contributed by atoms with E-state index in [4.69, 9.17) is 4.74 Å². The van der Waals surface area contributed by atoms with Gasteiger partial charge in [0.15, 0.2) is 0 Å². The lowest BCUT2D eigenvalue weighted by molar-refractivity contribution is -0.125. The molecule has 0 aromatic heterocycles. The van der Waals surface area contributed by atoms with E-state index in [9.17, 15) is 4.79 Å². The molecule has 2 aliphatic rings. The van der Waals surface area contributed by atoms with Gasteiger partial charge in [-0.2, -0.15) is 0 Å². The van der Waals surface area contributed by atoms with Crippen molar-refractivity contribution in [1.29, 1.82) is 0 Å². The van der Waals surface area contributed by atoms with E-state index in [1.807, 2.05) is 31.2 Å². The van der Waals surface area contributed by atoms with E-state index >= 15 is 0 Å². The number of rotatable bonds is 4. The number of ether oxygens (including phenoxy) is 1. The number of nitrogens with one attached hydrogen (secondary N) is 1. The van der Waals surface area contributed by atoms with Gasteiger partial charge in [-0.3, -0.25) is 4.79 Å². The number of hydrogen-bond donors (Lipinski definition) is 1. The summed E-state index contributed by atoms with van der Waals surface area (Å²) in [6.45, 7) is 2.02. The van der Waals surface area contributed by atoms with E-state index in [1.54, 1.807) is 7.11 Å². The highest BCUT2D eigenvalue weighted by Gasteiger charge is 2.48. The number of benzene rings is 1. The van der Waals surface area contributed by atoms with Gasteiger partial charge < -0.3 is 10.1 Å². The predicted molar refractivity (Wildman–Crippen MR) is 73.9 cm³/mol. The molecule has 2 aliphatic carbocycles. The highest BCUT2D eigenvalue weighted by atomic mass is 16.5. The third-order valence-electron chi connectivity index (χ3n) is 4.58. The smallest absolute Gasteiger partial charge is 0.223 e. The van der Waals surface area contributed by atoms with Crippen molar-refractivity contribution in [2.24, 2.45) is 17.8 Å². The van der Waals surface area contributed by atoms with Gasteiger partial charge in [-0.25, -0.2) is 0 Å². The number of para-hydroxylation sites is 1. The first-order chi connectivity index (χ1) is 9.19. The summed E-state index contributed by atoms with van der Waals surface area (Å²) in [7, 11) is 1.66. The molecule has 0 saturated heterocycles. The molecule has 0 aliphatic heterocycles. The molecule has 3 atom stereocenters. The van der Waals surface area contributed by atoms with Gasteiger partial charge in [-0.1, -0.05) is 18.2 Å². The Bertz CT molecular complexity index is 475. The summed E-state index contributed by atoms with van der Waals surface area (Å²) in [5.41, 5.74) is 1.04. The van der Waals surface area contributed by atoms with Crippen molar-refractivity contribution in [1.82, 2.24) is 5.32 Å². The normalized spacial score (nSPS) is 29.5. The standard InChI is InChI=1S/C16H21NO2/c1-10(14-5-3-4-6-15(14)19-2)17-16(18)13-8-11-7-12(11)9-13/h3-6,10-13H,7-9H2,1-2H3,(H,17,18)/t10-,11?,12?,13?/m1/s1. The molecular weight excluding hydrogens is 238 g/mol. The maximum absolute atomic E-state index is 12.2. The summed E-state index contributed by atoms with van der Waals surface area (Å²) >= 11 is 0. The van der Waals surface area contributed by atoms with Crippen molar-refractivity contribution in [3.05, 3.63) is 29.8 Å². The molecule has 0 radical (unpaired) electrons. The molecule has 3 nitrogen and oxygen atoms in total. The average Bonchev–Trinajstić information content (AvgIpc) is 3.04. The SMILES string of the molecule is COc1ccccc1[C@@H](C)NC(=O)C1CC2CC2C1. The molecular formula is C16H21NO2. The fourth-order valence-corrected chi connectivity index (χ4v) is 3.36. The number of amides is 1. The minimum atomic E-state index is 0.000534. The van der Waals surface area contributed by atoms with Gasteiger partial charge in [-0.05, 0) is 44.1 Å². The molecule has 102 valence electrons. The summed E-state index contributed by atoms with van der Waals surface area (Å²) in [5, 5.41) is 3.14. The average molecular weight is 259 g/mol. The van der Waals surface area contributed by atoms with Crippen LogP contribution in [0.5, 0.6) is 5.75 Å². The first-order valence-corrected chi connectivity index (χ1v) is 7.12. The molecule has 0 bridgehead atoms. The van der Waals surface area contributed by atoms with E-state index in [-0.39, 0.29) is 17.9 Å². The number of hydrogen-bond acceptors (Lipinski definition) is 2. The van der Waals surface area contributed by atoms with Crippen LogP contribution in [0.3, 0.4) is 0 Å². The summed E-state index contributed by atoms with van der Waals surface area (Å²) in [6, 6.07) is 7.87. The van der Waals surface area contributed by atoms with Crippen molar-refractivity contribution >= 4 is 5.91 Å². The van der Waals surface area contributed by atoms with Gasteiger partial charge in [0.05, 0.1) is 13.2 Å². The van der Waals surface area contributed by atoms with Crippen LogP contribution in [0.2, 0.25) is 0 Å². The lowest BCUT2D eigenvalue weighted by Crippen LogP contribution is -2.32. The fraction of sp³-hybridized carbons (Fsp3) is 0.562. The Morgan fingerprint density at radius 2 is 1.95 bits per heavy atom. The largest absolute Gasteiger partial charge is 0.496 e. The molecule has 3 heteroatoms. The minimum absolute atomic E-state index is 0.000534. The Kier molecular flexibility index (Phi) is 3.21. The van der Waals surface area contributed by atoms with Crippen molar-refractivity contribution < 1.29 is 9.53 Å². The zero-order valence-electron chi connectivity index (χ0n) is 11.6. The number of carbonyl (C=O) groups excluding carboxylic acids is 1. The molecule has 0 spiro atoms. The molecule has 2 saturated carbocycles. The van der Waals surface area contributed by atoms with Crippen molar-refractivity contribution in [3.8, 4) is 5.75 Å². The van der Waals surface area contributed by atoms with Gasteiger partial charge in [0.1, 0.15) is 5.75 Å². The Balaban J connectivity index is 1.63. The lowest BCUT2D eigenvalue weighted by Gasteiger charge is -2.20. The third-order valence-corrected chi connectivity index (χ3v) is 4.58. The van der Waals surface area contributed by atoms with E-state index < -0.39 is 0 Å². The second kappa shape index (κ2) is 4.87. The van der Waals surface area contributed by atoms with Gasteiger partial charge in [0.2, 0.25) is 5.91 Å². The van der Waals surface area contributed by atoms with Crippen LogP contribution in [-0.2, 0) is 4.79 Å². The Morgan fingerprint density at radius 3 is 2.63 bits per heavy atom. The van der Waals surface area contributed by atoms with Crippen LogP contribution in [0.15, 0.2) is 24.3 Å². The molecule has 19 heavy (non-hydrogen) atoms. The summed E-state index contributed by atoms with van der Waals surface area (Å²) in [4.78, 5) is 12.2. The highest BCUT2D eigenvalue weighted by Crippen LogP contribution is 2.54. The second-order valence-corrected chi connectivity index (χ2v) is 5.90. The Hall–Kier alpha value is -1.51. The first kappa shape index (κ1) is 12.5. The minimum Gasteiger partial charge on any atom is -0.496 e. The molecule has 1 aromatic rings. The first-order valence-electron chi connectivity index (χ1n) is 7.12. The zero-order valence-corrected chi connectivity index (χ0v) is 11.6. The van der Waals surface area contributed by atoms with E-state index in [2.05, 4.69) is 5.32 Å². The molecule has 1 amide bonds. The van der Waals surface area contributed by atoms with Crippen LogP contribution in [-0.4, -0.2) is 13.0 Å². The molecule has 1 aromatic carbocycles. The Labute approximate surface area is 114 Å². The van der Waals surface area contributed by atoms with Crippen molar-refractivity contribution in [3.63, 3.8) is 0 Å². The maximum atomic E-state index is 12.2. The van der Waals surface area contributed by atoms with Crippen LogP contribution in [0.4, 0.5) is 0 Å². The van der Waals surface area contributed by atoms with E-state index in [1.165, 1.54) is 6.42 Å². The van der Waals surface area contributed by atoms with E-state index in [0.717, 1.165) is 36.0 Å². The molecule has 3 rings (SSSR count). The topological polar surface area (TPSA) is 38.3 Å². The lowest BCUT2D eigenvalue weighted by atomic mass is 10.0. The number of carbonyl (C=O) groups is 1. The summed E-state index contributed by atoms with van der Waals surface area (Å²) < 4.78 is 5.35. The van der Waals surface area contributed by atoms with Gasteiger partial charge in [0, 0.05) is 11.5 Å². The van der Waals surface area contributed by atoms with Crippen LogP contribution in [0, 0.1) is 17.8 Å². The molecule has 0 heterocycles. The van der Waals surface area contributed by atoms with Crippen molar-refractivity contribution in [2.75, 3.05) is 7.11 Å². The van der Waals surface area contributed by atoms with E-state index in [0.29, 0.717) is 0 Å². The third kappa shape index (κ3) is 2.46. The number of methoxy groups -OCH3 is 1. The quantitative estimate of drug-likeness (QED) is 0.903. The zero-order chi connectivity index (χ0) is 13.4. The fourth-order valence-electron chi connectivity index (χ4n) is 3.36. The van der Waals surface area contributed by atoms with Crippen LogP contribution in [0.25, 0.3) is 0 Å². The highest BCUT2D eigenvalue weighted by molar-refractivity contribution is 5.79. The second-order valence-electron chi connectivity index (χ2n) is 5.90. The van der Waals surface area contributed by atoms with Crippen LogP contribution >= 0.6 is 0 Å². The summed E-state index contributed by atoms with van der Waals surface area (Å²) in [6.07, 6.45) is 3.54.